The average molecular weight is 576 g/mol. The highest BCUT2D eigenvalue weighted by Gasteiger charge is 2.44. The van der Waals surface area contributed by atoms with Crippen molar-refractivity contribution in [1.82, 2.24) is 25.6 Å². The molecule has 0 bridgehead atoms. The lowest BCUT2D eigenvalue weighted by atomic mass is 9.79. The van der Waals surface area contributed by atoms with Crippen LogP contribution in [0.2, 0.25) is 0 Å². The molecule has 4 aliphatic rings. The fraction of sp³-hybridized carbons (Fsp3) is 0.690. The Hall–Kier alpha value is -2.86. The standard InChI is InChI=1S/C29H40F3N7O2/c1-17-10-21-24(25(41-16-29(30,31)32)23(17)22-18(2)11-34-37-19(22)3)35-27(40-12-20-6-5-8-38(20)4)36-26(21)39-9-7-28(15-39)13-33-14-28/h10-11,18-20,22,33,37H,5-9,12-16H2,1-4H3/t18?,19?,20-,22?/m0/s1. The van der Waals surface area contributed by atoms with E-state index in [1.807, 2.05) is 26.8 Å². The third-order valence-electron chi connectivity index (χ3n) is 9.37. The SMILES string of the molecule is Cc1cc2c(N3CCC4(CNC4)C3)nc(OC[C@@H]3CCCN3C)nc2c(OCC(F)(F)F)c1C1C(C)C=NNC1C. The van der Waals surface area contributed by atoms with Crippen molar-refractivity contribution in [2.24, 2.45) is 16.4 Å². The molecule has 224 valence electrons. The fourth-order valence-electron chi connectivity index (χ4n) is 7.03. The van der Waals surface area contributed by atoms with Crippen LogP contribution in [0.25, 0.3) is 10.9 Å². The molecule has 0 aliphatic carbocycles. The molecule has 2 aromatic rings. The quantitative estimate of drug-likeness (QED) is 0.515. The molecule has 0 saturated carbocycles. The largest absolute Gasteiger partial charge is 0.482 e. The summed E-state index contributed by atoms with van der Waals surface area (Å²) >= 11 is 0. The van der Waals surface area contributed by atoms with Crippen molar-refractivity contribution in [2.45, 2.75) is 64.2 Å². The summed E-state index contributed by atoms with van der Waals surface area (Å²) in [5, 5.41) is 8.32. The van der Waals surface area contributed by atoms with Gasteiger partial charge in [-0.3, -0.25) is 0 Å². The number of aryl methyl sites for hydroxylation is 1. The third kappa shape index (κ3) is 5.52. The number of nitrogens with one attached hydrogen (secondary N) is 2. The van der Waals surface area contributed by atoms with Crippen LogP contribution in [0.4, 0.5) is 19.0 Å². The first-order valence-corrected chi connectivity index (χ1v) is 14.7. The number of rotatable bonds is 7. The van der Waals surface area contributed by atoms with Gasteiger partial charge in [0.15, 0.2) is 6.61 Å². The second kappa shape index (κ2) is 10.8. The monoisotopic (exact) mass is 575 g/mol. The van der Waals surface area contributed by atoms with E-state index in [0.717, 1.165) is 57.5 Å². The Morgan fingerprint density at radius 2 is 1.95 bits per heavy atom. The fourth-order valence-corrected chi connectivity index (χ4v) is 7.03. The highest BCUT2D eigenvalue weighted by atomic mass is 19.4. The maximum absolute atomic E-state index is 13.6. The number of fused-ring (bicyclic) bond motifs is 1. The number of ether oxygens (including phenoxy) is 2. The minimum atomic E-state index is -4.50. The number of likely N-dealkylation sites (N-methyl/N-ethyl adjacent to an activating group) is 1. The molecular weight excluding hydrogens is 535 g/mol. The van der Waals surface area contributed by atoms with Gasteiger partial charge in [0.1, 0.15) is 23.7 Å². The van der Waals surface area contributed by atoms with Gasteiger partial charge in [0.25, 0.3) is 0 Å². The van der Waals surface area contributed by atoms with Crippen LogP contribution < -0.4 is 25.1 Å². The van der Waals surface area contributed by atoms with Gasteiger partial charge in [0.05, 0.1) is 0 Å². The molecule has 1 aromatic heterocycles. The van der Waals surface area contributed by atoms with E-state index < -0.39 is 12.8 Å². The lowest BCUT2D eigenvalue weighted by Crippen LogP contribution is -2.54. The molecule has 9 nitrogen and oxygen atoms in total. The summed E-state index contributed by atoms with van der Waals surface area (Å²) < 4.78 is 52.7. The number of halogens is 3. The molecule has 4 aliphatic heterocycles. The van der Waals surface area contributed by atoms with Gasteiger partial charge in [-0.15, -0.1) is 0 Å². The van der Waals surface area contributed by atoms with E-state index >= 15 is 0 Å². The number of likely N-dealkylation sites (tertiary alicyclic amines) is 1. The number of nitrogens with zero attached hydrogens (tertiary/aromatic N) is 5. The Morgan fingerprint density at radius 1 is 1.15 bits per heavy atom. The van der Waals surface area contributed by atoms with Gasteiger partial charge < -0.3 is 30.0 Å². The summed E-state index contributed by atoms with van der Waals surface area (Å²) in [4.78, 5) is 14.2. The highest BCUT2D eigenvalue weighted by Crippen LogP contribution is 2.46. The minimum Gasteiger partial charge on any atom is -0.482 e. The molecule has 1 spiro atoms. The molecule has 12 heteroatoms. The van der Waals surface area contributed by atoms with Crippen LogP contribution in [0.3, 0.4) is 0 Å². The Kier molecular flexibility index (Phi) is 7.42. The molecule has 3 saturated heterocycles. The zero-order valence-electron chi connectivity index (χ0n) is 24.2. The van der Waals surface area contributed by atoms with E-state index in [9.17, 15) is 13.2 Å². The van der Waals surface area contributed by atoms with Crippen molar-refractivity contribution >= 4 is 22.9 Å². The summed E-state index contributed by atoms with van der Waals surface area (Å²) in [7, 11) is 2.08. The zero-order valence-corrected chi connectivity index (χ0v) is 24.2. The van der Waals surface area contributed by atoms with Crippen molar-refractivity contribution in [3.63, 3.8) is 0 Å². The van der Waals surface area contributed by atoms with Crippen LogP contribution in [-0.4, -0.2) is 92.3 Å². The van der Waals surface area contributed by atoms with Crippen molar-refractivity contribution in [2.75, 3.05) is 57.9 Å². The van der Waals surface area contributed by atoms with Gasteiger partial charge in [-0.2, -0.15) is 28.2 Å². The van der Waals surface area contributed by atoms with Crippen LogP contribution in [0.5, 0.6) is 11.8 Å². The summed E-state index contributed by atoms with van der Waals surface area (Å²) in [5.74, 6) is 0.676. The van der Waals surface area contributed by atoms with Crippen molar-refractivity contribution < 1.29 is 22.6 Å². The molecule has 1 aromatic carbocycles. The normalized spacial score (nSPS) is 27.8. The molecule has 5 heterocycles. The van der Waals surface area contributed by atoms with Gasteiger partial charge in [0.2, 0.25) is 0 Å². The van der Waals surface area contributed by atoms with Crippen LogP contribution in [0, 0.1) is 18.3 Å². The number of anilines is 1. The van der Waals surface area contributed by atoms with Crippen LogP contribution in [0.15, 0.2) is 11.2 Å². The summed E-state index contributed by atoms with van der Waals surface area (Å²) in [6.07, 6.45) is 0.457. The van der Waals surface area contributed by atoms with Gasteiger partial charge in [0, 0.05) is 72.7 Å². The second-order valence-electron chi connectivity index (χ2n) is 12.5. The molecule has 0 radical (unpaired) electrons. The first-order valence-electron chi connectivity index (χ1n) is 14.7. The molecule has 3 unspecified atom stereocenters. The molecule has 6 rings (SSSR count). The van der Waals surface area contributed by atoms with E-state index in [-0.39, 0.29) is 41.1 Å². The predicted octanol–water partition coefficient (Wildman–Crippen LogP) is 3.85. The Balaban J connectivity index is 1.49. The van der Waals surface area contributed by atoms with Crippen LogP contribution >= 0.6 is 0 Å². The summed E-state index contributed by atoms with van der Waals surface area (Å²) in [5.41, 5.74) is 5.23. The number of hydrogen-bond acceptors (Lipinski definition) is 9. The van der Waals surface area contributed by atoms with Crippen molar-refractivity contribution in [3.05, 3.63) is 17.2 Å². The lowest BCUT2D eigenvalue weighted by Gasteiger charge is -2.39. The summed E-state index contributed by atoms with van der Waals surface area (Å²) in [6, 6.07) is 2.33. The van der Waals surface area contributed by atoms with Crippen LogP contribution in [0.1, 0.15) is 50.2 Å². The molecule has 41 heavy (non-hydrogen) atoms. The highest BCUT2D eigenvalue weighted by molar-refractivity contribution is 5.96. The number of alkyl halides is 3. The van der Waals surface area contributed by atoms with E-state index in [1.165, 1.54) is 0 Å². The number of hydrazone groups is 1. The second-order valence-corrected chi connectivity index (χ2v) is 12.5. The van der Waals surface area contributed by atoms with E-state index in [1.54, 1.807) is 6.21 Å². The molecule has 3 fully saturated rings. The molecular formula is C29H40F3N7O2. The molecule has 4 atom stereocenters. The Morgan fingerprint density at radius 3 is 2.59 bits per heavy atom. The third-order valence-corrected chi connectivity index (χ3v) is 9.37. The predicted molar refractivity (Wildman–Crippen MR) is 152 cm³/mol. The lowest BCUT2D eigenvalue weighted by molar-refractivity contribution is -0.153. The average Bonchev–Trinajstić information content (AvgIpc) is 3.53. The zero-order chi connectivity index (χ0) is 28.9. The van der Waals surface area contributed by atoms with Crippen LogP contribution in [-0.2, 0) is 0 Å². The number of benzene rings is 1. The first-order chi connectivity index (χ1) is 19.5. The van der Waals surface area contributed by atoms with E-state index in [2.05, 4.69) is 32.7 Å². The van der Waals surface area contributed by atoms with Gasteiger partial charge in [-0.25, -0.2) is 0 Å². The van der Waals surface area contributed by atoms with Crippen molar-refractivity contribution in [1.29, 1.82) is 0 Å². The molecule has 0 amide bonds. The Bertz CT molecular complexity index is 1320. The Labute approximate surface area is 238 Å². The molecule has 2 N–H and O–H groups in total. The van der Waals surface area contributed by atoms with Gasteiger partial charge in [-0.1, -0.05) is 6.92 Å². The summed E-state index contributed by atoms with van der Waals surface area (Å²) in [6.45, 7) is 9.53. The topological polar surface area (TPSA) is 87.1 Å². The smallest absolute Gasteiger partial charge is 0.422 e. The van der Waals surface area contributed by atoms with Gasteiger partial charge >= 0.3 is 12.2 Å². The number of hydrogen-bond donors (Lipinski definition) is 2. The van der Waals surface area contributed by atoms with Gasteiger partial charge in [-0.05, 0) is 58.3 Å². The van der Waals surface area contributed by atoms with E-state index in [0.29, 0.717) is 28.9 Å². The maximum atomic E-state index is 13.6. The van der Waals surface area contributed by atoms with Crippen molar-refractivity contribution in [3.8, 4) is 11.8 Å². The minimum absolute atomic E-state index is 0.0184. The maximum Gasteiger partial charge on any atom is 0.422 e. The van der Waals surface area contributed by atoms with E-state index in [4.69, 9.17) is 19.4 Å². The first kappa shape index (κ1) is 28.3. The number of aromatic nitrogens is 2.